The summed E-state index contributed by atoms with van der Waals surface area (Å²) in [7, 11) is 8.00. The summed E-state index contributed by atoms with van der Waals surface area (Å²) >= 11 is 0. The van der Waals surface area contributed by atoms with Crippen LogP contribution in [0.15, 0.2) is 0 Å². The first-order valence-electron chi connectivity index (χ1n) is 1.75. The minimum Gasteiger partial charge on any atom is -0.0656 e. The van der Waals surface area contributed by atoms with E-state index in [1.807, 2.05) is 0 Å². The van der Waals surface area contributed by atoms with Crippen LogP contribution in [0.1, 0.15) is 20.3 Å². The van der Waals surface area contributed by atoms with E-state index < -0.39 is 0 Å². The maximum absolute atomic E-state index is 4.00. The molecule has 0 atom stereocenters. The predicted octanol–water partition coefficient (Wildman–Crippen LogP) is 0.274. The third-order valence-electron chi connectivity index (χ3n) is 0. The molecule has 0 aliphatic rings. The highest BCUT2D eigenvalue weighted by Crippen LogP contribution is 1.56. The van der Waals surface area contributed by atoms with Crippen molar-refractivity contribution in [3.05, 3.63) is 0 Å². The van der Waals surface area contributed by atoms with E-state index in [0.717, 1.165) is 0 Å². The maximum atomic E-state index is 4.00. The van der Waals surface area contributed by atoms with Crippen molar-refractivity contribution in [2.75, 3.05) is 0 Å². The first-order valence-corrected chi connectivity index (χ1v) is 1.75. The summed E-state index contributed by atoms with van der Waals surface area (Å²) in [5, 5.41) is 0. The van der Waals surface area contributed by atoms with Crippen LogP contribution in [0.5, 0.6) is 0 Å². The van der Waals surface area contributed by atoms with Gasteiger partial charge in [0.25, 0.3) is 0 Å². The summed E-state index contributed by atoms with van der Waals surface area (Å²) in [5.41, 5.74) is 0. The minimum atomic E-state index is 0. The molecular weight excluding hydrogens is 68.5 g/mol. The standard InChI is InChI=1S/C3H8.B2.B/c1-3-2;1-2;/h3H2,1-2H3;;. The lowest BCUT2D eigenvalue weighted by Crippen LogP contribution is -1.38. The van der Waals surface area contributed by atoms with Gasteiger partial charge in [0.2, 0.25) is 0 Å². The molecule has 0 unspecified atom stereocenters. The smallest absolute Gasteiger partial charge is 0 e. The van der Waals surface area contributed by atoms with Gasteiger partial charge in [0, 0.05) is 23.9 Å². The van der Waals surface area contributed by atoms with E-state index in [-0.39, 0.29) is 8.41 Å². The van der Waals surface area contributed by atoms with Gasteiger partial charge in [-0.15, -0.1) is 0 Å². The van der Waals surface area contributed by atoms with Gasteiger partial charge >= 0.3 is 0 Å². The van der Waals surface area contributed by atoms with E-state index in [1.54, 1.807) is 0 Å². The highest BCUT2D eigenvalue weighted by atomic mass is 13.4. The van der Waals surface area contributed by atoms with Crippen molar-refractivity contribution in [1.29, 1.82) is 0 Å². The van der Waals surface area contributed by atoms with Crippen LogP contribution in [-0.2, 0) is 0 Å². The lowest BCUT2D eigenvalue weighted by atomic mass is 9.81. The molecule has 0 aromatic rings. The Balaban J connectivity index is -0.0000000275. The molecule has 0 fully saturated rings. The molecule has 0 saturated carbocycles. The van der Waals surface area contributed by atoms with Crippen LogP contribution in [-0.4, -0.2) is 23.9 Å². The molecule has 0 amide bonds. The Morgan fingerprint density at radius 2 is 1.17 bits per heavy atom. The van der Waals surface area contributed by atoms with Crippen LogP contribution in [0.4, 0.5) is 0 Å². The molecule has 0 aromatic carbocycles. The second-order valence-corrected chi connectivity index (χ2v) is 0.707. The Hall–Kier alpha value is 0.195. The second kappa shape index (κ2) is 64.0. The second-order valence-electron chi connectivity index (χ2n) is 0.707. The SMILES string of the molecule is CCC.[B].[B][B]. The molecule has 0 heterocycles. The van der Waals surface area contributed by atoms with Crippen molar-refractivity contribution < 1.29 is 0 Å². The summed E-state index contributed by atoms with van der Waals surface area (Å²) in [4.78, 5) is 0. The molecule has 0 bridgehead atoms. The van der Waals surface area contributed by atoms with Gasteiger partial charge in [0.1, 0.15) is 0 Å². The lowest BCUT2D eigenvalue weighted by Gasteiger charge is -1.48. The van der Waals surface area contributed by atoms with Crippen molar-refractivity contribution in [3.63, 3.8) is 0 Å². The molecule has 3 heteroatoms. The fourth-order valence-electron chi connectivity index (χ4n) is 0. The van der Waals surface area contributed by atoms with Crippen LogP contribution >= 0.6 is 0 Å². The van der Waals surface area contributed by atoms with Gasteiger partial charge in [-0.2, -0.15) is 0 Å². The van der Waals surface area contributed by atoms with Crippen molar-refractivity contribution in [3.8, 4) is 0 Å². The fourth-order valence-corrected chi connectivity index (χ4v) is 0. The highest BCUT2D eigenvalue weighted by Gasteiger charge is 1.35. The Bertz CT molecular complexity index is 6.00. The molecule has 0 spiro atoms. The zero-order valence-electron chi connectivity index (χ0n) is 4.44. The Morgan fingerprint density at radius 3 is 1.17 bits per heavy atom. The Labute approximate surface area is 45.1 Å². The zero-order valence-corrected chi connectivity index (χ0v) is 4.44. The molecule has 6 heavy (non-hydrogen) atoms. The van der Waals surface area contributed by atoms with Gasteiger partial charge < -0.3 is 0 Å². The first kappa shape index (κ1) is 16.4. The molecule has 0 aliphatic heterocycles. The van der Waals surface area contributed by atoms with Crippen LogP contribution < -0.4 is 0 Å². The Morgan fingerprint density at radius 1 is 1.17 bits per heavy atom. The average molecular weight is 76.5 g/mol. The molecule has 0 saturated heterocycles. The van der Waals surface area contributed by atoms with Crippen LogP contribution in [0.3, 0.4) is 0 Å². The first-order chi connectivity index (χ1) is 2.41. The van der Waals surface area contributed by atoms with E-state index >= 15 is 0 Å². The third kappa shape index (κ3) is 1130. The quantitative estimate of drug-likeness (QED) is 0.364. The Kier molecular flexibility index (Phi) is 175. The van der Waals surface area contributed by atoms with Crippen LogP contribution in [0, 0.1) is 0 Å². The monoisotopic (exact) mass is 77.1 g/mol. The van der Waals surface area contributed by atoms with Gasteiger partial charge in [0.15, 0.2) is 0 Å². The van der Waals surface area contributed by atoms with Gasteiger partial charge in [0.05, 0.1) is 0 Å². The molecule has 0 nitrogen and oxygen atoms in total. The molecule has 29 valence electrons. The van der Waals surface area contributed by atoms with Crippen molar-refractivity contribution >= 4 is 23.9 Å². The van der Waals surface area contributed by atoms with E-state index in [2.05, 4.69) is 29.3 Å². The third-order valence-corrected chi connectivity index (χ3v) is 0. The molecule has 7 radical (unpaired) electrons. The lowest BCUT2D eigenvalue weighted by molar-refractivity contribution is 1.09. The van der Waals surface area contributed by atoms with Gasteiger partial charge in [-0.25, -0.2) is 0 Å². The topological polar surface area (TPSA) is 0 Å². The van der Waals surface area contributed by atoms with Crippen molar-refractivity contribution in [2.45, 2.75) is 20.3 Å². The normalized spacial score (nSPS) is 3.67. The van der Waals surface area contributed by atoms with E-state index in [9.17, 15) is 0 Å². The van der Waals surface area contributed by atoms with E-state index in [0.29, 0.717) is 0 Å². The zero-order chi connectivity index (χ0) is 4.71. The number of rotatable bonds is 0. The predicted molar refractivity (Wildman–Crippen MR) is 33.2 cm³/mol. The molecule has 0 rings (SSSR count). The average Bonchev–Trinajstić information content (AvgIpc) is 1.46. The van der Waals surface area contributed by atoms with Gasteiger partial charge in [-0.05, 0) is 0 Å². The summed E-state index contributed by atoms with van der Waals surface area (Å²) in [5.74, 6) is 0. The fraction of sp³-hybridized carbons (Fsp3) is 1.00. The minimum absolute atomic E-state index is 0. The van der Waals surface area contributed by atoms with Crippen LogP contribution in [0.2, 0.25) is 0 Å². The largest absolute Gasteiger partial charge is 0.0656 e. The number of hydrogen-bond donors (Lipinski definition) is 0. The molecule has 0 aliphatic carbocycles. The van der Waals surface area contributed by atoms with Crippen molar-refractivity contribution in [2.24, 2.45) is 0 Å². The molecule has 0 N–H and O–H groups in total. The summed E-state index contributed by atoms with van der Waals surface area (Å²) in [6.07, 6.45) is 1.25. The molecular formula is C3H8B3. The summed E-state index contributed by atoms with van der Waals surface area (Å²) in [6, 6.07) is 0. The van der Waals surface area contributed by atoms with Crippen LogP contribution in [0.25, 0.3) is 0 Å². The van der Waals surface area contributed by atoms with Crippen molar-refractivity contribution in [1.82, 2.24) is 0 Å². The van der Waals surface area contributed by atoms with E-state index in [4.69, 9.17) is 0 Å². The van der Waals surface area contributed by atoms with Gasteiger partial charge in [-0.1, -0.05) is 20.3 Å². The summed E-state index contributed by atoms with van der Waals surface area (Å²) < 4.78 is 0. The summed E-state index contributed by atoms with van der Waals surface area (Å²) in [6.45, 7) is 4.25. The molecule has 0 aromatic heterocycles. The highest BCUT2D eigenvalue weighted by molar-refractivity contribution is 6.75. The maximum Gasteiger partial charge on any atom is 0 e. The van der Waals surface area contributed by atoms with E-state index in [1.165, 1.54) is 6.42 Å². The van der Waals surface area contributed by atoms with Gasteiger partial charge in [-0.3, -0.25) is 0 Å². The number of hydrogen-bond acceptors (Lipinski definition) is 0.